The van der Waals surface area contributed by atoms with Gasteiger partial charge in [0.1, 0.15) is 0 Å². The molecule has 2 aliphatic heterocycles. The fourth-order valence-electron chi connectivity index (χ4n) is 2.16. The van der Waals surface area contributed by atoms with Crippen LogP contribution in [-0.2, 0) is 18.9 Å². The lowest BCUT2D eigenvalue weighted by Gasteiger charge is -2.41. The van der Waals surface area contributed by atoms with Crippen LogP contribution >= 0.6 is 0 Å². The first-order valence-electron chi connectivity index (χ1n) is 5.20. The molecule has 4 nitrogen and oxygen atoms in total. The lowest BCUT2D eigenvalue weighted by Crippen LogP contribution is -2.46. The summed E-state index contributed by atoms with van der Waals surface area (Å²) in [5.41, 5.74) is 0. The molecule has 4 atom stereocenters. The fraction of sp³-hybridized carbons (Fsp3) is 1.00. The third kappa shape index (κ3) is 2.08. The maximum Gasteiger partial charge on any atom is 0.157 e. The predicted molar refractivity (Wildman–Crippen MR) is 49.8 cm³/mol. The van der Waals surface area contributed by atoms with Crippen LogP contribution in [0, 0.1) is 0 Å². The molecule has 0 aliphatic carbocycles. The highest BCUT2D eigenvalue weighted by Gasteiger charge is 2.37. The van der Waals surface area contributed by atoms with Gasteiger partial charge < -0.3 is 18.9 Å². The van der Waals surface area contributed by atoms with Crippen LogP contribution in [0.25, 0.3) is 0 Å². The molecule has 82 valence electrons. The molecule has 2 aliphatic rings. The van der Waals surface area contributed by atoms with Crippen molar-refractivity contribution in [2.75, 3.05) is 14.2 Å². The van der Waals surface area contributed by atoms with Crippen molar-refractivity contribution in [2.24, 2.45) is 0 Å². The van der Waals surface area contributed by atoms with Crippen molar-refractivity contribution >= 4 is 0 Å². The Morgan fingerprint density at radius 1 is 0.786 bits per heavy atom. The molecule has 0 bridgehead atoms. The molecule has 14 heavy (non-hydrogen) atoms. The van der Waals surface area contributed by atoms with E-state index < -0.39 is 0 Å². The highest BCUT2D eigenvalue weighted by Crippen LogP contribution is 2.31. The van der Waals surface area contributed by atoms with Crippen molar-refractivity contribution in [1.82, 2.24) is 0 Å². The Morgan fingerprint density at radius 2 is 1.21 bits per heavy atom. The van der Waals surface area contributed by atoms with Crippen LogP contribution in [0.1, 0.15) is 25.7 Å². The van der Waals surface area contributed by atoms with Gasteiger partial charge in [-0.05, 0) is 12.8 Å². The molecule has 0 saturated carbocycles. The van der Waals surface area contributed by atoms with E-state index in [1.54, 1.807) is 14.2 Å². The first kappa shape index (κ1) is 10.4. The third-order valence-electron chi connectivity index (χ3n) is 2.97. The first-order valence-corrected chi connectivity index (χ1v) is 5.20. The zero-order valence-electron chi connectivity index (χ0n) is 8.77. The molecule has 0 aromatic carbocycles. The van der Waals surface area contributed by atoms with Crippen LogP contribution in [0.5, 0.6) is 0 Å². The van der Waals surface area contributed by atoms with E-state index >= 15 is 0 Å². The fourth-order valence-corrected chi connectivity index (χ4v) is 2.16. The summed E-state index contributed by atoms with van der Waals surface area (Å²) in [6.45, 7) is 0. The van der Waals surface area contributed by atoms with Gasteiger partial charge in [-0.15, -0.1) is 0 Å². The molecule has 2 saturated heterocycles. The van der Waals surface area contributed by atoms with Crippen LogP contribution in [0.15, 0.2) is 0 Å². The van der Waals surface area contributed by atoms with E-state index in [0.29, 0.717) is 0 Å². The van der Waals surface area contributed by atoms with E-state index in [1.807, 2.05) is 0 Å². The van der Waals surface area contributed by atoms with E-state index in [9.17, 15) is 0 Å². The highest BCUT2D eigenvalue weighted by molar-refractivity contribution is 4.81. The number of fused-ring (bicyclic) bond motifs is 1. The molecule has 0 aromatic rings. The summed E-state index contributed by atoms with van der Waals surface area (Å²) >= 11 is 0. The molecule has 0 spiro atoms. The van der Waals surface area contributed by atoms with Gasteiger partial charge >= 0.3 is 0 Å². The summed E-state index contributed by atoms with van der Waals surface area (Å²) in [4.78, 5) is 0. The zero-order valence-corrected chi connectivity index (χ0v) is 8.77. The molecule has 0 N–H and O–H groups in total. The van der Waals surface area contributed by atoms with Crippen LogP contribution in [-0.4, -0.2) is 39.0 Å². The molecular weight excluding hydrogens is 184 g/mol. The standard InChI is InChI=1S/C10H18O4/c1-11-9-5-3-8-7(13-9)4-6-10(12-2)14-8/h7-10H,3-6H2,1-2H3/t7-,8-,9-,10-/m1/s1. The van der Waals surface area contributed by atoms with Crippen molar-refractivity contribution in [3.05, 3.63) is 0 Å². The minimum atomic E-state index is -0.0426. The van der Waals surface area contributed by atoms with Crippen LogP contribution in [0.2, 0.25) is 0 Å². The second-order valence-corrected chi connectivity index (χ2v) is 3.83. The summed E-state index contributed by atoms with van der Waals surface area (Å²) in [5, 5.41) is 0. The molecule has 2 fully saturated rings. The van der Waals surface area contributed by atoms with E-state index in [4.69, 9.17) is 18.9 Å². The highest BCUT2D eigenvalue weighted by atomic mass is 16.7. The Balaban J connectivity index is 1.88. The molecule has 0 amide bonds. The average molecular weight is 202 g/mol. The van der Waals surface area contributed by atoms with Gasteiger partial charge in [0.2, 0.25) is 0 Å². The molecule has 2 heterocycles. The zero-order chi connectivity index (χ0) is 9.97. The molecule has 2 rings (SSSR count). The Bertz CT molecular complexity index is 165. The van der Waals surface area contributed by atoms with Crippen molar-refractivity contribution in [1.29, 1.82) is 0 Å². The third-order valence-corrected chi connectivity index (χ3v) is 2.97. The smallest absolute Gasteiger partial charge is 0.157 e. The summed E-state index contributed by atoms with van der Waals surface area (Å²) in [6, 6.07) is 0. The average Bonchev–Trinajstić information content (AvgIpc) is 2.27. The normalized spacial score (nSPS) is 43.3. The molecular formula is C10H18O4. The van der Waals surface area contributed by atoms with Crippen molar-refractivity contribution in [2.45, 2.75) is 50.5 Å². The van der Waals surface area contributed by atoms with Gasteiger partial charge in [-0.25, -0.2) is 0 Å². The van der Waals surface area contributed by atoms with Crippen LogP contribution in [0.4, 0.5) is 0 Å². The van der Waals surface area contributed by atoms with E-state index in [0.717, 1.165) is 25.7 Å². The van der Waals surface area contributed by atoms with Gasteiger partial charge in [0.25, 0.3) is 0 Å². The van der Waals surface area contributed by atoms with Gasteiger partial charge in [-0.3, -0.25) is 0 Å². The summed E-state index contributed by atoms with van der Waals surface area (Å²) in [7, 11) is 3.37. The first-order chi connectivity index (χ1) is 6.83. The number of methoxy groups -OCH3 is 2. The molecule has 4 heteroatoms. The maximum absolute atomic E-state index is 5.73. The monoisotopic (exact) mass is 202 g/mol. The van der Waals surface area contributed by atoms with Gasteiger partial charge in [-0.2, -0.15) is 0 Å². The SMILES string of the molecule is CO[C@H]1CC[C@H]2O[C@@H](OC)CC[C@H]2O1. The maximum atomic E-state index is 5.73. The second-order valence-electron chi connectivity index (χ2n) is 3.83. The molecule has 0 unspecified atom stereocenters. The van der Waals surface area contributed by atoms with Crippen molar-refractivity contribution < 1.29 is 18.9 Å². The van der Waals surface area contributed by atoms with Gasteiger partial charge in [0, 0.05) is 27.1 Å². The largest absolute Gasteiger partial charge is 0.356 e. The Kier molecular flexibility index (Phi) is 3.38. The summed E-state index contributed by atoms with van der Waals surface area (Å²) < 4.78 is 21.8. The second kappa shape index (κ2) is 4.57. The van der Waals surface area contributed by atoms with E-state index in [2.05, 4.69) is 0 Å². The number of ether oxygens (including phenoxy) is 4. The summed E-state index contributed by atoms with van der Waals surface area (Å²) in [6.07, 6.45) is 4.13. The van der Waals surface area contributed by atoms with Gasteiger partial charge in [0.05, 0.1) is 12.2 Å². The number of hydrogen-bond donors (Lipinski definition) is 0. The van der Waals surface area contributed by atoms with Crippen molar-refractivity contribution in [3.63, 3.8) is 0 Å². The van der Waals surface area contributed by atoms with Crippen molar-refractivity contribution in [3.8, 4) is 0 Å². The minimum Gasteiger partial charge on any atom is -0.356 e. The minimum absolute atomic E-state index is 0.0426. The van der Waals surface area contributed by atoms with Gasteiger partial charge in [0.15, 0.2) is 12.6 Å². The molecule has 0 aromatic heterocycles. The van der Waals surface area contributed by atoms with Gasteiger partial charge in [-0.1, -0.05) is 0 Å². The Labute approximate surface area is 84.5 Å². The van der Waals surface area contributed by atoms with E-state index in [-0.39, 0.29) is 24.8 Å². The lowest BCUT2D eigenvalue weighted by molar-refractivity contribution is -0.278. The van der Waals surface area contributed by atoms with E-state index in [1.165, 1.54) is 0 Å². The predicted octanol–water partition coefficient (Wildman–Crippen LogP) is 1.29. The Hall–Kier alpha value is -0.160. The quantitative estimate of drug-likeness (QED) is 0.676. The Morgan fingerprint density at radius 3 is 1.57 bits per heavy atom. The lowest BCUT2D eigenvalue weighted by atomic mass is 9.98. The molecule has 0 radical (unpaired) electrons. The van der Waals surface area contributed by atoms with Crippen LogP contribution < -0.4 is 0 Å². The topological polar surface area (TPSA) is 36.9 Å². The van der Waals surface area contributed by atoms with Crippen LogP contribution in [0.3, 0.4) is 0 Å². The number of hydrogen-bond acceptors (Lipinski definition) is 4. The number of rotatable bonds is 2. The summed E-state index contributed by atoms with van der Waals surface area (Å²) in [5.74, 6) is 0.